The van der Waals surface area contributed by atoms with E-state index in [2.05, 4.69) is 0 Å². The van der Waals surface area contributed by atoms with Gasteiger partial charge in [0.2, 0.25) is 0 Å². The average Bonchev–Trinajstić information content (AvgIpc) is 2.35. The summed E-state index contributed by atoms with van der Waals surface area (Å²) in [6.45, 7) is 3.96. The maximum Gasteiger partial charge on any atom is 0.419 e. The molecule has 0 saturated heterocycles. The highest BCUT2D eigenvalue weighted by atomic mass is 19.4. The van der Waals surface area contributed by atoms with Gasteiger partial charge in [0, 0.05) is 11.5 Å². The highest BCUT2D eigenvalue weighted by Crippen LogP contribution is 2.42. The van der Waals surface area contributed by atoms with Crippen LogP contribution in [-0.4, -0.2) is 5.78 Å². The molecular formula is C16H18F4O. The van der Waals surface area contributed by atoms with Gasteiger partial charge in [-0.2, -0.15) is 13.2 Å². The van der Waals surface area contributed by atoms with Crippen molar-refractivity contribution in [1.82, 2.24) is 0 Å². The van der Waals surface area contributed by atoms with Crippen LogP contribution in [0.2, 0.25) is 0 Å². The Labute approximate surface area is 121 Å². The van der Waals surface area contributed by atoms with Crippen molar-refractivity contribution in [3.63, 3.8) is 0 Å². The number of carbonyl (C=O) groups excluding carboxylic acids is 1. The van der Waals surface area contributed by atoms with Gasteiger partial charge in [-0.25, -0.2) is 4.39 Å². The molecule has 0 bridgehead atoms. The zero-order valence-electron chi connectivity index (χ0n) is 12.1. The fourth-order valence-corrected chi connectivity index (χ4v) is 3.08. The molecule has 116 valence electrons. The van der Waals surface area contributed by atoms with Crippen LogP contribution in [0.3, 0.4) is 0 Å². The Morgan fingerprint density at radius 2 is 1.90 bits per heavy atom. The van der Waals surface area contributed by atoms with Crippen LogP contribution in [0.1, 0.15) is 55.5 Å². The van der Waals surface area contributed by atoms with E-state index in [0.29, 0.717) is 12.5 Å². The number of carbonyl (C=O) groups is 1. The molecule has 1 aliphatic rings. The number of rotatable bonds is 2. The number of benzene rings is 1. The van der Waals surface area contributed by atoms with E-state index in [4.69, 9.17) is 0 Å². The first-order valence-electron chi connectivity index (χ1n) is 7.04. The molecule has 0 N–H and O–H groups in total. The molecule has 1 aliphatic carbocycles. The molecule has 0 heterocycles. The van der Waals surface area contributed by atoms with Crippen LogP contribution < -0.4 is 0 Å². The van der Waals surface area contributed by atoms with Crippen molar-refractivity contribution >= 4 is 5.78 Å². The smallest absolute Gasteiger partial charge is 0.294 e. The Hall–Kier alpha value is -1.39. The molecule has 0 aromatic heterocycles. The number of alkyl halides is 3. The summed E-state index contributed by atoms with van der Waals surface area (Å²) in [5, 5.41) is 0. The quantitative estimate of drug-likeness (QED) is 0.539. The van der Waals surface area contributed by atoms with E-state index in [1.165, 1.54) is 0 Å². The highest BCUT2D eigenvalue weighted by Gasteiger charge is 2.38. The molecule has 5 heteroatoms. The molecule has 0 radical (unpaired) electrons. The topological polar surface area (TPSA) is 17.1 Å². The highest BCUT2D eigenvalue weighted by molar-refractivity contribution is 5.98. The summed E-state index contributed by atoms with van der Waals surface area (Å²) < 4.78 is 51.2. The first kappa shape index (κ1) is 16.0. The summed E-state index contributed by atoms with van der Waals surface area (Å²) in [6.07, 6.45) is -1.18. The van der Waals surface area contributed by atoms with Crippen LogP contribution in [0.15, 0.2) is 18.2 Å². The van der Waals surface area contributed by atoms with Crippen LogP contribution in [0.5, 0.6) is 0 Å². The first-order chi connectivity index (χ1) is 9.63. The van der Waals surface area contributed by atoms with Crippen molar-refractivity contribution in [2.75, 3.05) is 0 Å². The summed E-state index contributed by atoms with van der Waals surface area (Å²) in [6, 6.07) is 2.45. The van der Waals surface area contributed by atoms with Crippen molar-refractivity contribution < 1.29 is 22.4 Å². The van der Waals surface area contributed by atoms with Crippen molar-refractivity contribution in [3.05, 3.63) is 35.1 Å². The molecule has 1 nitrogen and oxygen atoms in total. The lowest BCUT2D eigenvalue weighted by atomic mass is 9.66. The van der Waals surface area contributed by atoms with E-state index in [1.54, 1.807) is 0 Å². The number of Topliss-reactive ketones (excluding diaryl/α,β-unsaturated/α-hetero) is 1. The van der Waals surface area contributed by atoms with E-state index < -0.39 is 17.6 Å². The molecule has 1 saturated carbocycles. The Bertz CT molecular complexity index is 546. The lowest BCUT2D eigenvalue weighted by molar-refractivity contribution is -0.140. The van der Waals surface area contributed by atoms with Crippen molar-refractivity contribution in [2.24, 2.45) is 11.3 Å². The van der Waals surface area contributed by atoms with Gasteiger partial charge in [0.1, 0.15) is 5.82 Å². The minimum absolute atomic E-state index is 0.0282. The van der Waals surface area contributed by atoms with Crippen LogP contribution >= 0.6 is 0 Å². The van der Waals surface area contributed by atoms with Gasteiger partial charge in [0.15, 0.2) is 5.78 Å². The monoisotopic (exact) mass is 302 g/mol. The summed E-state index contributed by atoms with van der Waals surface area (Å²) in [5.41, 5.74) is -1.50. The van der Waals surface area contributed by atoms with E-state index in [0.717, 1.165) is 31.4 Å². The summed E-state index contributed by atoms with van der Waals surface area (Å²) >= 11 is 0. The second kappa shape index (κ2) is 5.43. The maximum absolute atomic E-state index is 13.6. The molecule has 0 amide bonds. The molecule has 1 unspecified atom stereocenters. The molecule has 1 atom stereocenters. The molecule has 21 heavy (non-hydrogen) atoms. The minimum atomic E-state index is -4.74. The third-order valence-electron chi connectivity index (χ3n) is 4.38. The summed E-state index contributed by atoms with van der Waals surface area (Å²) in [4.78, 5) is 12.5. The van der Waals surface area contributed by atoms with Gasteiger partial charge in [-0.3, -0.25) is 4.79 Å². The molecule has 1 fully saturated rings. The Kier molecular flexibility index (Phi) is 4.13. The summed E-state index contributed by atoms with van der Waals surface area (Å²) in [5.74, 6) is -1.91. The van der Waals surface area contributed by atoms with Gasteiger partial charge < -0.3 is 0 Å². The average molecular weight is 302 g/mol. The third kappa shape index (κ3) is 3.27. The van der Waals surface area contributed by atoms with Gasteiger partial charge in [-0.05, 0) is 30.4 Å². The molecule has 1 aromatic rings. The van der Waals surface area contributed by atoms with Gasteiger partial charge >= 0.3 is 6.18 Å². The number of ketones is 1. The minimum Gasteiger partial charge on any atom is -0.294 e. The van der Waals surface area contributed by atoms with E-state index >= 15 is 0 Å². The second-order valence-electron chi connectivity index (χ2n) is 6.34. The van der Waals surface area contributed by atoms with Gasteiger partial charge in [-0.15, -0.1) is 0 Å². The van der Waals surface area contributed by atoms with Crippen molar-refractivity contribution in [2.45, 2.75) is 45.7 Å². The molecule has 0 spiro atoms. The van der Waals surface area contributed by atoms with Crippen LogP contribution in [0.25, 0.3) is 0 Å². The largest absolute Gasteiger partial charge is 0.419 e. The number of hydrogen-bond donors (Lipinski definition) is 0. The Balaban J connectivity index is 2.30. The lowest BCUT2D eigenvalue weighted by Gasteiger charge is -2.37. The normalized spacial score (nSPS) is 22.1. The zero-order valence-corrected chi connectivity index (χ0v) is 12.1. The zero-order chi connectivity index (χ0) is 15.8. The van der Waals surface area contributed by atoms with E-state index in [9.17, 15) is 22.4 Å². The molecule has 0 aliphatic heterocycles. The predicted molar refractivity (Wildman–Crippen MR) is 71.5 cm³/mol. The van der Waals surface area contributed by atoms with Gasteiger partial charge in [0.05, 0.1) is 5.56 Å². The SMILES string of the molecule is CC1(C)CCCCC1C(=O)c1ccc(C(F)(F)F)c(F)c1. The summed E-state index contributed by atoms with van der Waals surface area (Å²) in [7, 11) is 0. The fraction of sp³-hybridized carbons (Fsp3) is 0.562. The van der Waals surface area contributed by atoms with E-state index in [1.807, 2.05) is 13.8 Å². The second-order valence-corrected chi connectivity index (χ2v) is 6.34. The van der Waals surface area contributed by atoms with E-state index in [-0.39, 0.29) is 22.7 Å². The van der Waals surface area contributed by atoms with Gasteiger partial charge in [-0.1, -0.05) is 32.8 Å². The molecule has 1 aromatic carbocycles. The molecule has 2 rings (SSSR count). The van der Waals surface area contributed by atoms with Gasteiger partial charge in [0.25, 0.3) is 0 Å². The van der Waals surface area contributed by atoms with Crippen molar-refractivity contribution in [3.8, 4) is 0 Å². The standard InChI is InChI=1S/C16H18F4O/c1-15(2)8-4-3-5-12(15)14(21)10-6-7-11(13(17)9-10)16(18,19)20/h6-7,9,12H,3-5,8H2,1-2H3. The lowest BCUT2D eigenvalue weighted by Crippen LogP contribution is -2.34. The van der Waals surface area contributed by atoms with Crippen LogP contribution in [-0.2, 0) is 6.18 Å². The number of hydrogen-bond acceptors (Lipinski definition) is 1. The van der Waals surface area contributed by atoms with Crippen LogP contribution in [0, 0.1) is 17.2 Å². The molecular weight excluding hydrogens is 284 g/mol. The Morgan fingerprint density at radius 1 is 1.24 bits per heavy atom. The van der Waals surface area contributed by atoms with Crippen LogP contribution in [0.4, 0.5) is 17.6 Å². The Morgan fingerprint density at radius 3 is 2.43 bits per heavy atom. The fourth-order valence-electron chi connectivity index (χ4n) is 3.08. The first-order valence-corrected chi connectivity index (χ1v) is 7.04. The third-order valence-corrected chi connectivity index (χ3v) is 4.38. The number of halogens is 4. The maximum atomic E-state index is 13.6. The van der Waals surface area contributed by atoms with Crippen molar-refractivity contribution in [1.29, 1.82) is 0 Å². The predicted octanol–water partition coefficient (Wildman–Crippen LogP) is 5.24.